The quantitative estimate of drug-likeness (QED) is 0.181. The second kappa shape index (κ2) is 10.9. The third-order valence-corrected chi connectivity index (χ3v) is 9.47. The number of benzene rings is 9. The van der Waals surface area contributed by atoms with E-state index >= 15 is 0 Å². The fourth-order valence-corrected chi connectivity index (χ4v) is 7.41. The second-order valence-electron chi connectivity index (χ2n) is 12.0. The van der Waals surface area contributed by atoms with Crippen molar-refractivity contribution in [1.82, 2.24) is 0 Å². The van der Waals surface area contributed by atoms with Gasteiger partial charge in [0, 0.05) is 0 Å². The molecule has 0 aliphatic rings. The van der Waals surface area contributed by atoms with E-state index in [9.17, 15) is 0 Å². The smallest absolute Gasteiger partial charge is 0.00139 e. The van der Waals surface area contributed by atoms with Crippen molar-refractivity contribution in [2.75, 3.05) is 0 Å². The van der Waals surface area contributed by atoms with E-state index in [1.165, 1.54) is 87.6 Å². The van der Waals surface area contributed by atoms with Crippen molar-refractivity contribution < 1.29 is 0 Å². The molecule has 0 radical (unpaired) electrons. The maximum atomic E-state index is 2.33. The van der Waals surface area contributed by atoms with Crippen LogP contribution in [-0.2, 0) is 0 Å². The average molecular weight is 583 g/mol. The van der Waals surface area contributed by atoms with Crippen LogP contribution in [0.2, 0.25) is 0 Å². The van der Waals surface area contributed by atoms with E-state index in [4.69, 9.17) is 0 Å². The molecule has 0 heterocycles. The van der Waals surface area contributed by atoms with Crippen molar-refractivity contribution in [3.8, 4) is 44.5 Å². The Kier molecular flexibility index (Phi) is 6.25. The van der Waals surface area contributed by atoms with Crippen molar-refractivity contribution in [3.63, 3.8) is 0 Å². The Labute approximate surface area is 268 Å². The Hall–Kier alpha value is -5.98. The van der Waals surface area contributed by atoms with Gasteiger partial charge in [0.15, 0.2) is 0 Å². The Morgan fingerprint density at radius 2 is 0.652 bits per heavy atom. The molecule has 0 atom stereocenters. The van der Waals surface area contributed by atoms with E-state index in [0.717, 1.165) is 0 Å². The van der Waals surface area contributed by atoms with E-state index in [0.29, 0.717) is 0 Å². The van der Waals surface area contributed by atoms with Gasteiger partial charge in [0.25, 0.3) is 0 Å². The predicted molar refractivity (Wildman–Crippen MR) is 198 cm³/mol. The standard InChI is InChI=1S/C46H30/c1-2-13-31(14-3-1)32-27-29-35(30-28-32)44-41-21-8-9-22-42(41)45(39-24-11-18-34-16-5-7-20-37(34)39)43-26-12-25-40(46(43)44)38-23-10-17-33-15-4-6-19-36(33)38/h1-30H. The Morgan fingerprint density at radius 1 is 0.217 bits per heavy atom. The lowest BCUT2D eigenvalue weighted by Crippen LogP contribution is -1.94. The number of hydrogen-bond acceptors (Lipinski definition) is 0. The predicted octanol–water partition coefficient (Wildman–Crippen LogP) is 13.0. The fraction of sp³-hybridized carbons (Fsp3) is 0. The molecule has 0 fully saturated rings. The summed E-state index contributed by atoms with van der Waals surface area (Å²) in [6.07, 6.45) is 0. The summed E-state index contributed by atoms with van der Waals surface area (Å²) in [4.78, 5) is 0. The molecule has 0 unspecified atom stereocenters. The Balaban J connectivity index is 1.44. The van der Waals surface area contributed by atoms with E-state index < -0.39 is 0 Å². The SMILES string of the molecule is c1ccc(-c2ccc(-c3c4ccccc4c(-c4cccc5ccccc45)c4cccc(-c5cccc6ccccc56)c34)cc2)cc1. The van der Waals surface area contributed by atoms with Gasteiger partial charge in [0.2, 0.25) is 0 Å². The highest BCUT2D eigenvalue weighted by Gasteiger charge is 2.21. The van der Waals surface area contributed by atoms with Crippen molar-refractivity contribution in [2.24, 2.45) is 0 Å². The summed E-state index contributed by atoms with van der Waals surface area (Å²) in [6.45, 7) is 0. The molecule has 0 saturated carbocycles. The molecule has 0 saturated heterocycles. The molecule has 0 aromatic heterocycles. The van der Waals surface area contributed by atoms with Gasteiger partial charge in [-0.3, -0.25) is 0 Å². The van der Waals surface area contributed by atoms with Gasteiger partial charge in [-0.2, -0.15) is 0 Å². The highest BCUT2D eigenvalue weighted by atomic mass is 14.2. The number of rotatable bonds is 4. The van der Waals surface area contributed by atoms with Crippen molar-refractivity contribution >= 4 is 43.1 Å². The molecule has 0 amide bonds. The summed E-state index contributed by atoms with van der Waals surface area (Å²) in [5.41, 5.74) is 10.0. The van der Waals surface area contributed by atoms with Crippen molar-refractivity contribution in [3.05, 3.63) is 182 Å². The van der Waals surface area contributed by atoms with Crippen molar-refractivity contribution in [2.45, 2.75) is 0 Å². The summed E-state index contributed by atoms with van der Waals surface area (Å²) in [5, 5.41) is 10.1. The van der Waals surface area contributed by atoms with Crippen LogP contribution in [-0.4, -0.2) is 0 Å². The maximum Gasteiger partial charge on any atom is -0.00139 e. The molecular formula is C46H30. The van der Waals surface area contributed by atoms with Crippen LogP contribution in [0.25, 0.3) is 87.6 Å². The summed E-state index contributed by atoms with van der Waals surface area (Å²) in [6, 6.07) is 66.5. The lowest BCUT2D eigenvalue weighted by Gasteiger charge is -2.21. The van der Waals surface area contributed by atoms with Gasteiger partial charge in [0.1, 0.15) is 0 Å². The zero-order chi connectivity index (χ0) is 30.5. The highest BCUT2D eigenvalue weighted by molar-refractivity contribution is 6.27. The van der Waals surface area contributed by atoms with Gasteiger partial charge in [-0.25, -0.2) is 0 Å². The van der Waals surface area contributed by atoms with Crippen LogP contribution in [0, 0.1) is 0 Å². The lowest BCUT2D eigenvalue weighted by atomic mass is 9.81. The molecule has 214 valence electrons. The molecule has 9 aromatic carbocycles. The largest absolute Gasteiger partial charge is 0.0622 e. The summed E-state index contributed by atoms with van der Waals surface area (Å²) >= 11 is 0. The molecule has 0 spiro atoms. The first-order chi connectivity index (χ1) is 22.8. The van der Waals surface area contributed by atoms with Crippen LogP contribution in [0.3, 0.4) is 0 Å². The van der Waals surface area contributed by atoms with Crippen molar-refractivity contribution in [1.29, 1.82) is 0 Å². The summed E-state index contributed by atoms with van der Waals surface area (Å²) < 4.78 is 0. The average Bonchev–Trinajstić information content (AvgIpc) is 3.14. The molecule has 0 aliphatic heterocycles. The maximum absolute atomic E-state index is 2.33. The molecule has 9 rings (SSSR count). The molecule has 0 nitrogen and oxygen atoms in total. The Morgan fingerprint density at radius 3 is 1.35 bits per heavy atom. The zero-order valence-electron chi connectivity index (χ0n) is 25.3. The first-order valence-electron chi connectivity index (χ1n) is 15.9. The molecular weight excluding hydrogens is 553 g/mol. The minimum absolute atomic E-state index is 1.22. The zero-order valence-corrected chi connectivity index (χ0v) is 25.3. The molecule has 0 N–H and O–H groups in total. The lowest BCUT2D eigenvalue weighted by molar-refractivity contribution is 1.61. The van der Waals surface area contributed by atoms with Gasteiger partial charge in [-0.15, -0.1) is 0 Å². The van der Waals surface area contributed by atoms with Crippen LogP contribution < -0.4 is 0 Å². The van der Waals surface area contributed by atoms with E-state index in [1.807, 2.05) is 0 Å². The minimum atomic E-state index is 1.22. The Bertz CT molecular complexity index is 2540. The van der Waals surface area contributed by atoms with Crippen LogP contribution in [0.4, 0.5) is 0 Å². The van der Waals surface area contributed by atoms with Crippen LogP contribution in [0.1, 0.15) is 0 Å². The van der Waals surface area contributed by atoms with Gasteiger partial charge in [0.05, 0.1) is 0 Å². The second-order valence-corrected chi connectivity index (χ2v) is 12.0. The first kappa shape index (κ1) is 26.4. The van der Waals surface area contributed by atoms with Crippen LogP contribution in [0.15, 0.2) is 182 Å². The van der Waals surface area contributed by atoms with E-state index in [1.54, 1.807) is 0 Å². The van der Waals surface area contributed by atoms with E-state index in [-0.39, 0.29) is 0 Å². The monoisotopic (exact) mass is 582 g/mol. The van der Waals surface area contributed by atoms with Gasteiger partial charge in [-0.1, -0.05) is 182 Å². The molecule has 0 aliphatic carbocycles. The molecule has 0 bridgehead atoms. The van der Waals surface area contributed by atoms with Gasteiger partial charge in [-0.05, 0) is 87.6 Å². The molecule has 46 heavy (non-hydrogen) atoms. The number of fused-ring (bicyclic) bond motifs is 4. The third kappa shape index (κ3) is 4.23. The fourth-order valence-electron chi connectivity index (χ4n) is 7.41. The van der Waals surface area contributed by atoms with Crippen LogP contribution >= 0.6 is 0 Å². The normalized spacial score (nSPS) is 11.5. The highest BCUT2D eigenvalue weighted by Crippen LogP contribution is 2.49. The summed E-state index contributed by atoms with van der Waals surface area (Å²) in [7, 11) is 0. The minimum Gasteiger partial charge on any atom is -0.0622 e. The molecule has 9 aromatic rings. The topological polar surface area (TPSA) is 0 Å². The first-order valence-corrected chi connectivity index (χ1v) is 15.9. The van der Waals surface area contributed by atoms with E-state index in [2.05, 4.69) is 182 Å². The molecule has 0 heteroatoms. The van der Waals surface area contributed by atoms with Gasteiger partial charge < -0.3 is 0 Å². The van der Waals surface area contributed by atoms with Crippen LogP contribution in [0.5, 0.6) is 0 Å². The number of hydrogen-bond donors (Lipinski definition) is 0. The summed E-state index contributed by atoms with van der Waals surface area (Å²) in [5.74, 6) is 0. The third-order valence-electron chi connectivity index (χ3n) is 9.47. The van der Waals surface area contributed by atoms with Gasteiger partial charge >= 0.3 is 0 Å².